The molecular formula is C12H19BrN2O2. The molecule has 1 saturated carbocycles. The van der Waals surface area contributed by atoms with Crippen LogP contribution in [0.1, 0.15) is 50.8 Å². The summed E-state index contributed by atoms with van der Waals surface area (Å²) in [6.45, 7) is 2.66. The molecule has 0 aromatic carbocycles. The molecule has 1 aromatic heterocycles. The SMILES string of the molecule is CCn1ncc(Br)c1C(O)C1(O)CCCCC1. The zero-order valence-electron chi connectivity index (χ0n) is 10.1. The van der Waals surface area contributed by atoms with E-state index in [2.05, 4.69) is 21.0 Å². The number of aromatic nitrogens is 2. The van der Waals surface area contributed by atoms with Crippen LogP contribution < -0.4 is 0 Å². The summed E-state index contributed by atoms with van der Waals surface area (Å²) in [6, 6.07) is 0. The van der Waals surface area contributed by atoms with Crippen molar-refractivity contribution in [3.63, 3.8) is 0 Å². The van der Waals surface area contributed by atoms with E-state index in [9.17, 15) is 10.2 Å². The lowest BCUT2D eigenvalue weighted by atomic mass is 9.79. The molecule has 0 saturated heterocycles. The van der Waals surface area contributed by atoms with Crippen molar-refractivity contribution in [3.8, 4) is 0 Å². The molecule has 2 rings (SSSR count). The van der Waals surface area contributed by atoms with Crippen LogP contribution in [0.3, 0.4) is 0 Å². The van der Waals surface area contributed by atoms with E-state index in [0.29, 0.717) is 25.1 Å². The van der Waals surface area contributed by atoms with E-state index in [1.165, 1.54) is 0 Å². The third kappa shape index (κ3) is 2.41. The lowest BCUT2D eigenvalue weighted by Gasteiger charge is -2.36. The summed E-state index contributed by atoms with van der Waals surface area (Å²) in [5.74, 6) is 0. The molecule has 1 atom stereocenters. The van der Waals surface area contributed by atoms with Gasteiger partial charge in [0.15, 0.2) is 0 Å². The third-order valence-electron chi connectivity index (χ3n) is 3.62. The Balaban J connectivity index is 2.28. The Bertz CT molecular complexity index is 386. The van der Waals surface area contributed by atoms with Gasteiger partial charge in [0.05, 0.1) is 22.0 Å². The van der Waals surface area contributed by atoms with Gasteiger partial charge in [0, 0.05) is 6.54 Å². The van der Waals surface area contributed by atoms with Crippen molar-refractivity contribution < 1.29 is 10.2 Å². The van der Waals surface area contributed by atoms with Gasteiger partial charge < -0.3 is 10.2 Å². The smallest absolute Gasteiger partial charge is 0.125 e. The quantitative estimate of drug-likeness (QED) is 0.901. The second kappa shape index (κ2) is 5.08. The lowest BCUT2D eigenvalue weighted by molar-refractivity contribution is -0.103. The summed E-state index contributed by atoms with van der Waals surface area (Å²) in [4.78, 5) is 0. The highest BCUT2D eigenvalue weighted by Crippen LogP contribution is 2.40. The highest BCUT2D eigenvalue weighted by atomic mass is 79.9. The van der Waals surface area contributed by atoms with Crippen molar-refractivity contribution in [2.24, 2.45) is 0 Å². The molecular weight excluding hydrogens is 284 g/mol. The molecule has 2 N–H and O–H groups in total. The molecule has 1 heterocycles. The molecule has 1 aliphatic rings. The largest absolute Gasteiger partial charge is 0.387 e. The van der Waals surface area contributed by atoms with Gasteiger partial charge in [-0.25, -0.2) is 0 Å². The van der Waals surface area contributed by atoms with Gasteiger partial charge in [-0.2, -0.15) is 5.10 Å². The topological polar surface area (TPSA) is 58.3 Å². The Morgan fingerprint density at radius 3 is 2.71 bits per heavy atom. The normalized spacial score (nSPS) is 21.4. The predicted molar refractivity (Wildman–Crippen MR) is 68.6 cm³/mol. The Labute approximate surface area is 110 Å². The molecule has 4 nitrogen and oxygen atoms in total. The zero-order chi connectivity index (χ0) is 12.5. The number of aryl methyl sites for hydroxylation is 1. The van der Waals surface area contributed by atoms with Crippen molar-refractivity contribution in [1.29, 1.82) is 0 Å². The molecule has 0 spiro atoms. The highest BCUT2D eigenvalue weighted by molar-refractivity contribution is 9.10. The van der Waals surface area contributed by atoms with Crippen molar-refractivity contribution >= 4 is 15.9 Å². The van der Waals surface area contributed by atoms with Crippen molar-refractivity contribution in [3.05, 3.63) is 16.4 Å². The third-order valence-corrected chi connectivity index (χ3v) is 4.23. The molecule has 17 heavy (non-hydrogen) atoms. The van der Waals surface area contributed by atoms with Crippen LogP contribution in [0.5, 0.6) is 0 Å². The number of halogens is 1. The lowest BCUT2D eigenvalue weighted by Crippen LogP contribution is -2.39. The monoisotopic (exact) mass is 302 g/mol. The molecule has 1 unspecified atom stereocenters. The number of nitrogens with zero attached hydrogens (tertiary/aromatic N) is 2. The van der Waals surface area contributed by atoms with Crippen LogP contribution in [-0.2, 0) is 6.54 Å². The van der Waals surface area contributed by atoms with Gasteiger partial charge in [-0.15, -0.1) is 0 Å². The van der Waals surface area contributed by atoms with E-state index in [1.54, 1.807) is 10.9 Å². The number of aliphatic hydroxyl groups excluding tert-OH is 1. The van der Waals surface area contributed by atoms with Crippen LogP contribution in [0.2, 0.25) is 0 Å². The van der Waals surface area contributed by atoms with Crippen LogP contribution in [0.15, 0.2) is 10.7 Å². The second-order valence-corrected chi connectivity index (χ2v) is 5.61. The molecule has 0 aliphatic heterocycles. The Morgan fingerprint density at radius 2 is 2.12 bits per heavy atom. The van der Waals surface area contributed by atoms with E-state index < -0.39 is 11.7 Å². The van der Waals surface area contributed by atoms with Gasteiger partial charge in [-0.1, -0.05) is 19.3 Å². The van der Waals surface area contributed by atoms with Crippen LogP contribution in [-0.4, -0.2) is 25.6 Å². The average Bonchev–Trinajstić information content (AvgIpc) is 2.70. The van der Waals surface area contributed by atoms with Gasteiger partial charge in [0.2, 0.25) is 0 Å². The van der Waals surface area contributed by atoms with Gasteiger partial charge in [0.1, 0.15) is 6.10 Å². The summed E-state index contributed by atoms with van der Waals surface area (Å²) >= 11 is 3.39. The van der Waals surface area contributed by atoms with Crippen LogP contribution in [0, 0.1) is 0 Å². The van der Waals surface area contributed by atoms with E-state index in [0.717, 1.165) is 23.7 Å². The van der Waals surface area contributed by atoms with Crippen LogP contribution in [0.4, 0.5) is 0 Å². The van der Waals surface area contributed by atoms with E-state index in [-0.39, 0.29) is 0 Å². The van der Waals surface area contributed by atoms with Crippen LogP contribution in [0.25, 0.3) is 0 Å². The predicted octanol–water partition coefficient (Wildman–Crippen LogP) is 2.39. The van der Waals surface area contributed by atoms with Gasteiger partial charge in [0.25, 0.3) is 0 Å². The first-order valence-corrected chi connectivity index (χ1v) is 6.99. The number of aliphatic hydroxyl groups is 2. The van der Waals surface area contributed by atoms with Gasteiger partial charge in [-0.3, -0.25) is 4.68 Å². The number of hydrogen-bond donors (Lipinski definition) is 2. The zero-order valence-corrected chi connectivity index (χ0v) is 11.7. The van der Waals surface area contributed by atoms with E-state index in [1.807, 2.05) is 6.92 Å². The van der Waals surface area contributed by atoms with Crippen molar-refractivity contribution in [2.45, 2.75) is 57.3 Å². The summed E-state index contributed by atoms with van der Waals surface area (Å²) < 4.78 is 2.51. The standard InChI is InChI=1S/C12H19BrN2O2/c1-2-15-10(9(13)8-14-15)11(16)12(17)6-4-3-5-7-12/h8,11,16-17H,2-7H2,1H3. The maximum Gasteiger partial charge on any atom is 0.125 e. The fourth-order valence-corrected chi connectivity index (χ4v) is 3.10. The maximum absolute atomic E-state index is 10.5. The fourth-order valence-electron chi connectivity index (χ4n) is 2.59. The van der Waals surface area contributed by atoms with Crippen molar-refractivity contribution in [2.75, 3.05) is 0 Å². The van der Waals surface area contributed by atoms with E-state index >= 15 is 0 Å². The summed E-state index contributed by atoms with van der Waals surface area (Å²) in [5, 5.41) is 25.2. The molecule has 1 fully saturated rings. The molecule has 96 valence electrons. The molecule has 5 heteroatoms. The summed E-state index contributed by atoms with van der Waals surface area (Å²) in [6.07, 6.45) is 5.24. The first-order chi connectivity index (χ1) is 8.08. The van der Waals surface area contributed by atoms with Gasteiger partial charge in [-0.05, 0) is 35.7 Å². The Kier molecular flexibility index (Phi) is 3.90. The van der Waals surface area contributed by atoms with E-state index in [4.69, 9.17) is 0 Å². The molecule has 1 aromatic rings. The summed E-state index contributed by atoms with van der Waals surface area (Å²) in [5.41, 5.74) is -0.301. The van der Waals surface area contributed by atoms with Gasteiger partial charge >= 0.3 is 0 Å². The van der Waals surface area contributed by atoms with Crippen LogP contribution >= 0.6 is 15.9 Å². The Morgan fingerprint density at radius 1 is 1.47 bits per heavy atom. The first kappa shape index (κ1) is 13.1. The molecule has 0 radical (unpaired) electrons. The molecule has 0 bridgehead atoms. The molecule has 0 amide bonds. The summed E-state index contributed by atoms with van der Waals surface area (Å²) in [7, 11) is 0. The highest BCUT2D eigenvalue weighted by Gasteiger charge is 2.40. The first-order valence-electron chi connectivity index (χ1n) is 6.20. The fraction of sp³-hybridized carbons (Fsp3) is 0.750. The Hall–Kier alpha value is -0.390. The number of hydrogen-bond acceptors (Lipinski definition) is 3. The minimum absolute atomic E-state index is 0.662. The number of rotatable bonds is 3. The van der Waals surface area contributed by atoms with Crippen molar-refractivity contribution in [1.82, 2.24) is 9.78 Å². The minimum atomic E-state index is -0.992. The maximum atomic E-state index is 10.5. The minimum Gasteiger partial charge on any atom is -0.387 e. The average molecular weight is 303 g/mol. The second-order valence-electron chi connectivity index (χ2n) is 4.76. The molecule has 1 aliphatic carbocycles.